The summed E-state index contributed by atoms with van der Waals surface area (Å²) in [4.78, 5) is 4.71. The van der Waals surface area contributed by atoms with Crippen molar-refractivity contribution >= 4 is 34.1 Å². The van der Waals surface area contributed by atoms with Crippen LogP contribution in [0.5, 0.6) is 0 Å². The van der Waals surface area contributed by atoms with Crippen LogP contribution in [0, 0.1) is 13.8 Å². The van der Waals surface area contributed by atoms with E-state index in [0.29, 0.717) is 0 Å². The second kappa shape index (κ2) is 11.3. The molecule has 2 nitrogen and oxygen atoms in total. The van der Waals surface area contributed by atoms with Gasteiger partial charge in [-0.05, 0) is 80.6 Å². The van der Waals surface area contributed by atoms with Crippen molar-refractivity contribution in [3.8, 4) is 11.1 Å². The minimum atomic E-state index is 1.12. The van der Waals surface area contributed by atoms with Crippen molar-refractivity contribution in [2.45, 2.75) is 13.8 Å². The molecule has 0 saturated heterocycles. The summed E-state index contributed by atoms with van der Waals surface area (Å²) in [5.41, 5.74) is 11.6. The molecule has 6 rings (SSSR count). The Labute approximate surface area is 237 Å². The molecule has 0 heterocycles. The first-order valence-electron chi connectivity index (χ1n) is 13.7. The molecule has 0 unspecified atom stereocenters. The number of rotatable bonds is 7. The monoisotopic (exact) mass is 516 g/mol. The van der Waals surface area contributed by atoms with E-state index < -0.39 is 0 Å². The van der Waals surface area contributed by atoms with Crippen LogP contribution in [-0.4, -0.2) is 0 Å². The summed E-state index contributed by atoms with van der Waals surface area (Å²) < 4.78 is 0. The van der Waals surface area contributed by atoms with E-state index in [1.54, 1.807) is 0 Å². The second-order valence-corrected chi connectivity index (χ2v) is 10.1. The van der Waals surface area contributed by atoms with E-state index in [9.17, 15) is 0 Å². The van der Waals surface area contributed by atoms with Crippen LogP contribution in [0.4, 0.5) is 34.1 Å². The fraction of sp³-hybridized carbons (Fsp3) is 0.0526. The van der Waals surface area contributed by atoms with Crippen molar-refractivity contribution in [1.82, 2.24) is 0 Å². The molecule has 0 aliphatic carbocycles. The van der Waals surface area contributed by atoms with E-state index in [1.165, 1.54) is 22.3 Å². The number of hydrogen-bond donors (Lipinski definition) is 0. The van der Waals surface area contributed by atoms with Crippen LogP contribution in [0.1, 0.15) is 11.1 Å². The molecule has 194 valence electrons. The maximum Gasteiger partial charge on any atom is 0.0541 e. The minimum Gasteiger partial charge on any atom is -0.310 e. The van der Waals surface area contributed by atoms with Gasteiger partial charge in [-0.25, -0.2) is 0 Å². The number of benzene rings is 6. The van der Waals surface area contributed by atoms with Crippen LogP contribution >= 0.6 is 0 Å². The number of nitrogens with zero attached hydrogens (tertiary/aromatic N) is 2. The highest BCUT2D eigenvalue weighted by Crippen LogP contribution is 2.46. The van der Waals surface area contributed by atoms with Crippen LogP contribution in [0.15, 0.2) is 158 Å². The standard InChI is InChI=1S/C38H32N2/c1-29-22-25-34(26-23-29)40(33-18-10-5-11-19-33)38-27-24-30(2)28-36(38)35-20-12-13-21-37(35)39(31-14-6-3-7-15-31)32-16-8-4-9-17-32/h3-28H,1-2H3. The normalized spacial score (nSPS) is 10.8. The Morgan fingerprint density at radius 3 is 1.25 bits per heavy atom. The van der Waals surface area contributed by atoms with Crippen LogP contribution in [0.2, 0.25) is 0 Å². The Morgan fingerprint density at radius 2 is 0.725 bits per heavy atom. The SMILES string of the molecule is Cc1ccc(N(c2ccccc2)c2ccc(C)cc2-c2ccccc2N(c2ccccc2)c2ccccc2)cc1. The van der Waals surface area contributed by atoms with Gasteiger partial charge in [-0.2, -0.15) is 0 Å². The summed E-state index contributed by atoms with van der Waals surface area (Å²) in [5.74, 6) is 0. The smallest absolute Gasteiger partial charge is 0.0541 e. The van der Waals surface area contributed by atoms with Crippen LogP contribution in [-0.2, 0) is 0 Å². The Morgan fingerprint density at radius 1 is 0.325 bits per heavy atom. The van der Waals surface area contributed by atoms with Crippen molar-refractivity contribution < 1.29 is 0 Å². The zero-order valence-electron chi connectivity index (χ0n) is 22.9. The van der Waals surface area contributed by atoms with Gasteiger partial charge in [-0.1, -0.05) is 102 Å². The molecule has 40 heavy (non-hydrogen) atoms. The fourth-order valence-electron chi connectivity index (χ4n) is 5.24. The zero-order chi connectivity index (χ0) is 27.3. The summed E-state index contributed by atoms with van der Waals surface area (Å²) in [6, 6.07) is 56.1. The third-order valence-electron chi connectivity index (χ3n) is 7.16. The predicted molar refractivity (Wildman–Crippen MR) is 171 cm³/mol. The van der Waals surface area contributed by atoms with E-state index in [1.807, 2.05) is 0 Å². The van der Waals surface area contributed by atoms with Crippen LogP contribution in [0.25, 0.3) is 11.1 Å². The van der Waals surface area contributed by atoms with Gasteiger partial charge in [-0.3, -0.25) is 0 Å². The second-order valence-electron chi connectivity index (χ2n) is 10.1. The van der Waals surface area contributed by atoms with Crippen molar-refractivity contribution in [2.24, 2.45) is 0 Å². The summed E-state index contributed by atoms with van der Waals surface area (Å²) in [6.07, 6.45) is 0. The van der Waals surface area contributed by atoms with E-state index >= 15 is 0 Å². The molecule has 0 aliphatic rings. The quantitative estimate of drug-likeness (QED) is 0.208. The van der Waals surface area contributed by atoms with Gasteiger partial charge in [0.25, 0.3) is 0 Å². The first kappa shape index (κ1) is 25.2. The minimum absolute atomic E-state index is 1.12. The third kappa shape index (κ3) is 5.12. The summed E-state index contributed by atoms with van der Waals surface area (Å²) in [5, 5.41) is 0. The zero-order valence-corrected chi connectivity index (χ0v) is 22.9. The van der Waals surface area contributed by atoms with Gasteiger partial charge in [0.1, 0.15) is 0 Å². The molecular formula is C38H32N2. The van der Waals surface area contributed by atoms with E-state index in [0.717, 1.165) is 34.1 Å². The Balaban J connectivity index is 1.60. The van der Waals surface area contributed by atoms with Gasteiger partial charge in [-0.15, -0.1) is 0 Å². The number of hydrogen-bond acceptors (Lipinski definition) is 2. The van der Waals surface area contributed by atoms with Gasteiger partial charge >= 0.3 is 0 Å². The fourth-order valence-corrected chi connectivity index (χ4v) is 5.24. The molecule has 0 atom stereocenters. The summed E-state index contributed by atoms with van der Waals surface area (Å²) >= 11 is 0. The lowest BCUT2D eigenvalue weighted by atomic mass is 9.97. The summed E-state index contributed by atoms with van der Waals surface area (Å²) in [7, 11) is 0. The molecule has 0 spiro atoms. The Hall–Kier alpha value is -5.08. The Bertz CT molecular complexity index is 1650. The van der Waals surface area contributed by atoms with Crippen molar-refractivity contribution in [3.05, 3.63) is 169 Å². The lowest BCUT2D eigenvalue weighted by Gasteiger charge is -2.31. The summed E-state index contributed by atoms with van der Waals surface area (Å²) in [6.45, 7) is 4.30. The molecule has 0 radical (unpaired) electrons. The highest BCUT2D eigenvalue weighted by atomic mass is 15.2. The largest absolute Gasteiger partial charge is 0.310 e. The van der Waals surface area contributed by atoms with Crippen molar-refractivity contribution in [3.63, 3.8) is 0 Å². The van der Waals surface area contributed by atoms with Gasteiger partial charge in [0.05, 0.1) is 11.4 Å². The lowest BCUT2D eigenvalue weighted by Crippen LogP contribution is -2.13. The molecular weight excluding hydrogens is 484 g/mol. The van der Waals surface area contributed by atoms with E-state index in [4.69, 9.17) is 0 Å². The molecule has 0 aliphatic heterocycles. The predicted octanol–water partition coefficient (Wildman–Crippen LogP) is 10.9. The first-order chi connectivity index (χ1) is 19.7. The molecule has 0 amide bonds. The molecule has 2 heteroatoms. The van der Waals surface area contributed by atoms with Crippen LogP contribution < -0.4 is 9.80 Å². The van der Waals surface area contributed by atoms with E-state index in [-0.39, 0.29) is 0 Å². The number of anilines is 6. The van der Waals surface area contributed by atoms with Gasteiger partial charge in [0, 0.05) is 33.9 Å². The molecule has 0 N–H and O–H groups in total. The molecule has 6 aromatic rings. The third-order valence-corrected chi connectivity index (χ3v) is 7.16. The highest BCUT2D eigenvalue weighted by molar-refractivity contribution is 5.95. The molecule has 0 saturated carbocycles. The van der Waals surface area contributed by atoms with Gasteiger partial charge in [0.2, 0.25) is 0 Å². The van der Waals surface area contributed by atoms with Gasteiger partial charge < -0.3 is 9.80 Å². The lowest BCUT2D eigenvalue weighted by molar-refractivity contribution is 1.26. The first-order valence-corrected chi connectivity index (χ1v) is 13.7. The topological polar surface area (TPSA) is 6.48 Å². The van der Waals surface area contributed by atoms with Crippen molar-refractivity contribution in [2.75, 3.05) is 9.80 Å². The molecule has 0 aromatic heterocycles. The maximum atomic E-state index is 2.36. The average Bonchev–Trinajstić information content (AvgIpc) is 3.01. The highest BCUT2D eigenvalue weighted by Gasteiger charge is 2.22. The van der Waals surface area contributed by atoms with Crippen LogP contribution in [0.3, 0.4) is 0 Å². The van der Waals surface area contributed by atoms with Crippen molar-refractivity contribution in [1.29, 1.82) is 0 Å². The molecule has 6 aromatic carbocycles. The molecule has 0 fully saturated rings. The average molecular weight is 517 g/mol. The number of aryl methyl sites for hydroxylation is 2. The van der Waals surface area contributed by atoms with Gasteiger partial charge in [0.15, 0.2) is 0 Å². The maximum absolute atomic E-state index is 2.36. The molecule has 0 bridgehead atoms. The van der Waals surface area contributed by atoms with E-state index in [2.05, 4.69) is 181 Å². The Kier molecular flexibility index (Phi) is 7.15. The number of para-hydroxylation sites is 4.